The van der Waals surface area contributed by atoms with Crippen LogP contribution in [0.5, 0.6) is 0 Å². The van der Waals surface area contributed by atoms with E-state index < -0.39 is 12.2 Å². The molecule has 0 saturated carbocycles. The van der Waals surface area contributed by atoms with Crippen molar-refractivity contribution in [1.29, 1.82) is 0 Å². The van der Waals surface area contributed by atoms with Crippen LogP contribution < -0.4 is 15.3 Å². The fraction of sp³-hybridized carbons (Fsp3) is 0.727. The molecule has 0 rings (SSSR count). The van der Waals surface area contributed by atoms with E-state index in [4.69, 9.17) is 0 Å². The quantitative estimate of drug-likeness (QED) is 0.335. The molecule has 0 aromatic carbocycles. The van der Waals surface area contributed by atoms with Gasteiger partial charge in [0, 0.05) is 0 Å². The maximum atomic E-state index is 9.98. The van der Waals surface area contributed by atoms with Crippen LogP contribution in [0.2, 0.25) is 0 Å². The van der Waals surface area contributed by atoms with Gasteiger partial charge in [-0.2, -0.15) is 0 Å². The molecule has 0 aliphatic heterocycles. The molecule has 92 valence electrons. The van der Waals surface area contributed by atoms with Gasteiger partial charge in [0.05, 0.1) is 0 Å². The topological polar surface area (TPSA) is 86.2 Å². The average molecular weight is 244 g/mol. The predicted octanol–water partition coefficient (Wildman–Crippen LogP) is -1.03. The summed E-state index contributed by atoms with van der Waals surface area (Å²) in [5.41, 5.74) is 0. The molecule has 0 saturated heterocycles. The number of hydrogen-bond donors (Lipinski definition) is 0. The number of hydrogen-bond acceptors (Lipinski definition) is 4. The van der Waals surface area contributed by atoms with E-state index in [-0.39, 0.29) is 28.9 Å². The Balaban J connectivity index is -0.0000000700. The largest absolute Gasteiger partial charge is 3.00 e. The van der Waals surface area contributed by atoms with Crippen LogP contribution in [0.3, 0.4) is 0 Å². The summed E-state index contributed by atoms with van der Waals surface area (Å²) in [5.74, 6) is -0.375. The SMILES string of the molecule is CC(=O)C=C(C)[O-].CC(C)[O-].CC(C)[O-].[Al+3]. The van der Waals surface area contributed by atoms with Crippen LogP contribution in [-0.2, 0) is 4.79 Å². The van der Waals surface area contributed by atoms with Gasteiger partial charge in [-0.15, -0.1) is 18.0 Å². The van der Waals surface area contributed by atoms with E-state index in [0.717, 1.165) is 6.08 Å². The van der Waals surface area contributed by atoms with Crippen molar-refractivity contribution in [2.75, 3.05) is 0 Å². The Bertz CT molecular complexity index is 161. The molecule has 0 bridgehead atoms. The van der Waals surface area contributed by atoms with E-state index in [0.29, 0.717) is 0 Å². The van der Waals surface area contributed by atoms with E-state index in [1.165, 1.54) is 13.8 Å². The maximum Gasteiger partial charge on any atom is 3.00 e. The Kier molecular flexibility index (Phi) is 26.4. The monoisotopic (exact) mass is 244 g/mol. The smallest absolute Gasteiger partial charge is 0.876 e. The summed E-state index contributed by atoms with van der Waals surface area (Å²) in [6.45, 7) is 9.14. The molecule has 16 heavy (non-hydrogen) atoms. The summed E-state index contributed by atoms with van der Waals surface area (Å²) in [5, 5.41) is 29.0. The first-order valence-electron chi connectivity index (χ1n) is 4.77. The van der Waals surface area contributed by atoms with Crippen LogP contribution in [-0.4, -0.2) is 35.4 Å². The summed E-state index contributed by atoms with van der Waals surface area (Å²) in [6.07, 6.45) is 0.222. The van der Waals surface area contributed by atoms with Crippen LogP contribution in [0.15, 0.2) is 11.8 Å². The van der Waals surface area contributed by atoms with Gasteiger partial charge >= 0.3 is 17.4 Å². The summed E-state index contributed by atoms with van der Waals surface area (Å²) >= 11 is 0. The minimum atomic E-state index is -0.417. The maximum absolute atomic E-state index is 9.98. The second-order valence-corrected chi connectivity index (χ2v) is 3.46. The predicted molar refractivity (Wildman–Crippen MR) is 60.5 cm³/mol. The van der Waals surface area contributed by atoms with Gasteiger partial charge < -0.3 is 15.3 Å². The van der Waals surface area contributed by atoms with Crippen LogP contribution in [0.4, 0.5) is 0 Å². The summed E-state index contributed by atoms with van der Waals surface area (Å²) in [4.78, 5) is 9.98. The first-order valence-corrected chi connectivity index (χ1v) is 4.77. The minimum absolute atomic E-state index is 0. The average Bonchev–Trinajstić information content (AvgIpc) is 1.78. The third-order valence-corrected chi connectivity index (χ3v) is 0.407. The molecule has 0 aliphatic carbocycles. The Labute approximate surface area is 109 Å². The number of rotatable bonds is 1. The molecule has 0 spiro atoms. The molecule has 0 aromatic rings. The zero-order valence-corrected chi connectivity index (χ0v) is 12.1. The van der Waals surface area contributed by atoms with Gasteiger partial charge in [-0.25, -0.2) is 0 Å². The molecule has 0 radical (unpaired) electrons. The van der Waals surface area contributed by atoms with Gasteiger partial charge in [0.25, 0.3) is 0 Å². The standard InChI is InChI=1S/C5H8O2.2C3H7O.Al/c1-4(6)3-5(2)7;2*1-3(2)4;/h3,6H,1-2H3;2*3H,1-2H3;/q;2*-1;+3/p-1. The van der Waals surface area contributed by atoms with Crippen LogP contribution >= 0.6 is 0 Å². The van der Waals surface area contributed by atoms with Crippen molar-refractivity contribution in [3.63, 3.8) is 0 Å². The van der Waals surface area contributed by atoms with Crippen LogP contribution in [0.1, 0.15) is 41.5 Å². The van der Waals surface area contributed by atoms with Gasteiger partial charge in [-0.05, 0) is 13.0 Å². The molecule has 0 amide bonds. The first-order chi connectivity index (χ1) is 6.59. The molecule has 5 heteroatoms. The Morgan fingerprint density at radius 1 is 1.00 bits per heavy atom. The van der Waals surface area contributed by atoms with Crippen molar-refractivity contribution in [2.24, 2.45) is 0 Å². The number of carbonyl (C=O) groups excluding carboxylic acids is 1. The normalized spacial score (nSPS) is 9.50. The first kappa shape index (κ1) is 24.8. The third kappa shape index (κ3) is 163. The van der Waals surface area contributed by atoms with Crippen molar-refractivity contribution in [1.82, 2.24) is 0 Å². The molecule has 0 atom stereocenters. The third-order valence-electron chi connectivity index (χ3n) is 0.407. The van der Waals surface area contributed by atoms with Crippen molar-refractivity contribution >= 4 is 23.1 Å². The Hall–Kier alpha value is -0.338. The second-order valence-electron chi connectivity index (χ2n) is 3.46. The van der Waals surface area contributed by atoms with Gasteiger partial charge in [0.15, 0.2) is 5.78 Å². The Morgan fingerprint density at radius 3 is 1.19 bits per heavy atom. The molecule has 0 aliphatic rings. The number of ketones is 1. The summed E-state index contributed by atoms with van der Waals surface area (Å²) in [6, 6.07) is 0. The van der Waals surface area contributed by atoms with E-state index in [1.54, 1.807) is 27.7 Å². The zero-order chi connectivity index (χ0) is 13.0. The van der Waals surface area contributed by atoms with Crippen molar-refractivity contribution in [3.05, 3.63) is 11.8 Å². The molecular formula is C11H21AlO4. The number of allylic oxidation sites excluding steroid dienone is 2. The molecule has 4 nitrogen and oxygen atoms in total. The number of carbonyl (C=O) groups is 1. The molecule has 0 heterocycles. The second kappa shape index (κ2) is 17.1. The fourth-order valence-electron chi connectivity index (χ4n) is 0.286. The summed E-state index contributed by atoms with van der Waals surface area (Å²) < 4.78 is 0. The molecular weight excluding hydrogens is 223 g/mol. The minimum Gasteiger partial charge on any atom is -0.876 e. The van der Waals surface area contributed by atoms with Crippen LogP contribution in [0.25, 0.3) is 0 Å². The van der Waals surface area contributed by atoms with Gasteiger partial charge in [-0.3, -0.25) is 4.79 Å². The molecule has 0 unspecified atom stereocenters. The van der Waals surface area contributed by atoms with Crippen LogP contribution in [0, 0.1) is 0 Å². The van der Waals surface area contributed by atoms with E-state index in [2.05, 4.69) is 0 Å². The molecule has 0 N–H and O–H groups in total. The van der Waals surface area contributed by atoms with Crippen molar-refractivity contribution < 1.29 is 20.1 Å². The van der Waals surface area contributed by atoms with E-state index >= 15 is 0 Å². The zero-order valence-electron chi connectivity index (χ0n) is 10.9. The van der Waals surface area contributed by atoms with Gasteiger partial charge in [0.2, 0.25) is 0 Å². The molecule has 0 fully saturated rings. The van der Waals surface area contributed by atoms with E-state index in [1.807, 2.05) is 0 Å². The summed E-state index contributed by atoms with van der Waals surface area (Å²) in [7, 11) is 0. The van der Waals surface area contributed by atoms with Crippen molar-refractivity contribution in [3.8, 4) is 0 Å². The van der Waals surface area contributed by atoms with E-state index in [9.17, 15) is 20.1 Å². The van der Waals surface area contributed by atoms with Gasteiger partial charge in [-0.1, -0.05) is 34.6 Å². The Morgan fingerprint density at radius 2 is 1.19 bits per heavy atom. The van der Waals surface area contributed by atoms with Crippen molar-refractivity contribution in [2.45, 2.75) is 53.8 Å². The van der Waals surface area contributed by atoms with Gasteiger partial charge in [0.1, 0.15) is 0 Å². The molecule has 0 aromatic heterocycles. The fourth-order valence-corrected chi connectivity index (χ4v) is 0.286.